The summed E-state index contributed by atoms with van der Waals surface area (Å²) in [7, 11) is 0. The fraction of sp³-hybridized carbons (Fsp3) is 0.471. The van der Waals surface area contributed by atoms with Gasteiger partial charge in [-0.2, -0.15) is 0 Å². The second kappa shape index (κ2) is 7.26. The molecule has 1 atom stereocenters. The zero-order valence-corrected chi connectivity index (χ0v) is 13.8. The van der Waals surface area contributed by atoms with E-state index in [1.807, 2.05) is 13.0 Å². The fourth-order valence-corrected chi connectivity index (χ4v) is 2.83. The van der Waals surface area contributed by atoms with Gasteiger partial charge in [0.25, 0.3) is 5.91 Å². The van der Waals surface area contributed by atoms with Crippen LogP contribution in [-0.2, 0) is 9.59 Å². The van der Waals surface area contributed by atoms with Crippen LogP contribution in [0, 0.1) is 6.92 Å². The Morgan fingerprint density at radius 3 is 2.57 bits per heavy atom. The highest BCUT2D eigenvalue weighted by Crippen LogP contribution is 2.20. The summed E-state index contributed by atoms with van der Waals surface area (Å²) in [4.78, 5) is 36.9. The minimum Gasteiger partial charge on any atom is -0.352 e. The molecule has 0 spiro atoms. The van der Waals surface area contributed by atoms with Crippen molar-refractivity contribution in [2.45, 2.75) is 39.7 Å². The molecule has 1 aliphatic heterocycles. The number of aryl methyl sites for hydroxylation is 1. The van der Waals surface area contributed by atoms with Crippen LogP contribution in [0.25, 0.3) is 0 Å². The van der Waals surface area contributed by atoms with Crippen molar-refractivity contribution in [3.8, 4) is 0 Å². The number of amides is 3. The van der Waals surface area contributed by atoms with Crippen molar-refractivity contribution in [2.75, 3.05) is 18.4 Å². The van der Waals surface area contributed by atoms with E-state index in [-0.39, 0.29) is 23.8 Å². The van der Waals surface area contributed by atoms with Crippen molar-refractivity contribution in [2.24, 2.45) is 0 Å². The average molecular weight is 317 g/mol. The first-order valence-corrected chi connectivity index (χ1v) is 7.81. The van der Waals surface area contributed by atoms with Crippen LogP contribution in [0.2, 0.25) is 0 Å². The molecule has 1 aliphatic rings. The van der Waals surface area contributed by atoms with E-state index in [4.69, 9.17) is 0 Å². The standard InChI is InChI=1S/C17H23N3O3/c1-11-6-7-14(9-16(11)19-13(3)22)17(23)20-8-4-5-15(10-20)18-12(2)21/h6-7,9,15H,4-5,8,10H2,1-3H3,(H,18,21)(H,19,22). The number of nitrogens with one attached hydrogen (secondary N) is 2. The van der Waals surface area contributed by atoms with Crippen LogP contribution >= 0.6 is 0 Å². The predicted octanol–water partition coefficient (Wildman–Crippen LogP) is 1.69. The average Bonchev–Trinajstić information content (AvgIpc) is 2.48. The normalized spacial score (nSPS) is 17.5. The van der Waals surface area contributed by atoms with E-state index in [2.05, 4.69) is 10.6 Å². The molecule has 0 radical (unpaired) electrons. The fourth-order valence-electron chi connectivity index (χ4n) is 2.83. The van der Waals surface area contributed by atoms with E-state index in [0.717, 1.165) is 18.4 Å². The summed E-state index contributed by atoms with van der Waals surface area (Å²) in [5, 5.41) is 5.61. The lowest BCUT2D eigenvalue weighted by Crippen LogP contribution is -2.49. The molecular weight excluding hydrogens is 294 g/mol. The van der Waals surface area contributed by atoms with Crippen LogP contribution < -0.4 is 10.6 Å². The first-order chi connectivity index (χ1) is 10.9. The topological polar surface area (TPSA) is 78.5 Å². The Hall–Kier alpha value is -2.37. The Labute approximate surface area is 136 Å². The third-order valence-corrected chi connectivity index (χ3v) is 3.91. The monoisotopic (exact) mass is 317 g/mol. The maximum absolute atomic E-state index is 12.7. The minimum absolute atomic E-state index is 0.00506. The van der Waals surface area contributed by atoms with E-state index in [0.29, 0.717) is 24.3 Å². The van der Waals surface area contributed by atoms with E-state index in [1.165, 1.54) is 13.8 Å². The third kappa shape index (κ3) is 4.55. The molecule has 6 nitrogen and oxygen atoms in total. The molecule has 3 amide bonds. The van der Waals surface area contributed by atoms with Gasteiger partial charge in [0.1, 0.15) is 0 Å². The van der Waals surface area contributed by atoms with Crippen LogP contribution in [0.3, 0.4) is 0 Å². The van der Waals surface area contributed by atoms with Crippen molar-refractivity contribution in [1.82, 2.24) is 10.2 Å². The Bertz CT molecular complexity index is 628. The smallest absolute Gasteiger partial charge is 0.253 e. The third-order valence-electron chi connectivity index (χ3n) is 3.91. The molecule has 6 heteroatoms. The highest BCUT2D eigenvalue weighted by atomic mass is 16.2. The summed E-state index contributed by atoms with van der Waals surface area (Å²) in [6.07, 6.45) is 1.75. The largest absolute Gasteiger partial charge is 0.352 e. The lowest BCUT2D eigenvalue weighted by atomic mass is 10.0. The van der Waals surface area contributed by atoms with Gasteiger partial charge in [-0.05, 0) is 37.5 Å². The van der Waals surface area contributed by atoms with Crippen LogP contribution in [0.5, 0.6) is 0 Å². The number of anilines is 1. The molecule has 0 saturated carbocycles. The number of nitrogens with zero attached hydrogens (tertiary/aromatic N) is 1. The number of benzene rings is 1. The zero-order valence-electron chi connectivity index (χ0n) is 13.8. The van der Waals surface area contributed by atoms with Gasteiger partial charge in [0, 0.05) is 44.2 Å². The first kappa shape index (κ1) is 17.0. The number of rotatable bonds is 3. The van der Waals surface area contributed by atoms with Gasteiger partial charge in [-0.15, -0.1) is 0 Å². The van der Waals surface area contributed by atoms with Crippen LogP contribution in [0.4, 0.5) is 5.69 Å². The van der Waals surface area contributed by atoms with Gasteiger partial charge in [0.05, 0.1) is 0 Å². The van der Waals surface area contributed by atoms with Crippen molar-refractivity contribution in [1.29, 1.82) is 0 Å². The molecule has 1 heterocycles. The molecule has 1 saturated heterocycles. The first-order valence-electron chi connectivity index (χ1n) is 7.81. The lowest BCUT2D eigenvalue weighted by Gasteiger charge is -2.33. The van der Waals surface area contributed by atoms with E-state index in [9.17, 15) is 14.4 Å². The predicted molar refractivity (Wildman–Crippen MR) is 88.2 cm³/mol. The number of hydrogen-bond donors (Lipinski definition) is 2. The second-order valence-electron chi connectivity index (χ2n) is 6.00. The Morgan fingerprint density at radius 2 is 1.91 bits per heavy atom. The SMILES string of the molecule is CC(=O)Nc1cc(C(=O)N2CCCC(NC(C)=O)C2)ccc1C. The zero-order chi connectivity index (χ0) is 17.0. The maximum Gasteiger partial charge on any atom is 0.253 e. The summed E-state index contributed by atoms with van der Waals surface area (Å²) in [5.74, 6) is -0.319. The van der Waals surface area contributed by atoms with Gasteiger partial charge < -0.3 is 15.5 Å². The Morgan fingerprint density at radius 1 is 1.17 bits per heavy atom. The highest BCUT2D eigenvalue weighted by Gasteiger charge is 2.25. The molecule has 1 aromatic carbocycles. The van der Waals surface area contributed by atoms with Gasteiger partial charge in [-0.25, -0.2) is 0 Å². The number of likely N-dealkylation sites (tertiary alicyclic amines) is 1. The van der Waals surface area contributed by atoms with Crippen LogP contribution in [0.15, 0.2) is 18.2 Å². The van der Waals surface area contributed by atoms with Crippen molar-refractivity contribution < 1.29 is 14.4 Å². The summed E-state index contributed by atoms with van der Waals surface area (Å²) in [6.45, 7) is 6.00. The van der Waals surface area contributed by atoms with E-state index in [1.54, 1.807) is 17.0 Å². The minimum atomic E-state index is -0.165. The lowest BCUT2D eigenvalue weighted by molar-refractivity contribution is -0.120. The molecule has 1 unspecified atom stereocenters. The van der Waals surface area contributed by atoms with Crippen molar-refractivity contribution in [3.63, 3.8) is 0 Å². The summed E-state index contributed by atoms with van der Waals surface area (Å²) >= 11 is 0. The van der Waals surface area contributed by atoms with Gasteiger partial charge in [0.15, 0.2) is 0 Å². The molecule has 0 aliphatic carbocycles. The molecular formula is C17H23N3O3. The van der Waals surface area contributed by atoms with E-state index >= 15 is 0 Å². The second-order valence-corrected chi connectivity index (χ2v) is 6.00. The van der Waals surface area contributed by atoms with Gasteiger partial charge in [0.2, 0.25) is 11.8 Å². The number of carbonyl (C=O) groups excluding carboxylic acids is 3. The van der Waals surface area contributed by atoms with Crippen molar-refractivity contribution >= 4 is 23.4 Å². The summed E-state index contributed by atoms with van der Waals surface area (Å²) in [6, 6.07) is 5.31. The summed E-state index contributed by atoms with van der Waals surface area (Å²) < 4.78 is 0. The number of carbonyl (C=O) groups is 3. The molecule has 23 heavy (non-hydrogen) atoms. The maximum atomic E-state index is 12.7. The molecule has 2 N–H and O–H groups in total. The molecule has 1 fully saturated rings. The van der Waals surface area contributed by atoms with E-state index < -0.39 is 0 Å². The van der Waals surface area contributed by atoms with Crippen LogP contribution in [0.1, 0.15) is 42.6 Å². The molecule has 0 aromatic heterocycles. The van der Waals surface area contributed by atoms with Crippen molar-refractivity contribution in [3.05, 3.63) is 29.3 Å². The highest BCUT2D eigenvalue weighted by molar-refractivity contribution is 5.97. The summed E-state index contributed by atoms with van der Waals surface area (Å²) in [5.41, 5.74) is 2.10. The molecule has 2 rings (SSSR count). The van der Waals surface area contributed by atoms with Gasteiger partial charge in [-0.3, -0.25) is 14.4 Å². The quantitative estimate of drug-likeness (QED) is 0.890. The molecule has 0 bridgehead atoms. The van der Waals surface area contributed by atoms with Gasteiger partial charge in [-0.1, -0.05) is 6.07 Å². The molecule has 1 aromatic rings. The van der Waals surface area contributed by atoms with Crippen LogP contribution in [-0.4, -0.2) is 41.8 Å². The Balaban J connectivity index is 2.13. The Kier molecular flexibility index (Phi) is 5.36. The number of piperidine rings is 1. The number of hydrogen-bond acceptors (Lipinski definition) is 3. The molecule has 124 valence electrons. The van der Waals surface area contributed by atoms with Gasteiger partial charge >= 0.3 is 0 Å².